The summed E-state index contributed by atoms with van der Waals surface area (Å²) in [6, 6.07) is -1.41. The molecule has 0 saturated carbocycles. The molecule has 1 atom stereocenters. The molecule has 160 valence electrons. The van der Waals surface area contributed by atoms with Gasteiger partial charge in [-0.1, -0.05) is 13.8 Å². The summed E-state index contributed by atoms with van der Waals surface area (Å²) in [7, 11) is 0. The number of pyridine rings is 1. The smallest absolute Gasteiger partial charge is 0.326 e. The van der Waals surface area contributed by atoms with Crippen molar-refractivity contribution < 1.29 is 23.9 Å². The van der Waals surface area contributed by atoms with Crippen molar-refractivity contribution in [1.82, 2.24) is 20.3 Å². The van der Waals surface area contributed by atoms with Gasteiger partial charge in [0, 0.05) is 6.07 Å². The maximum Gasteiger partial charge on any atom is 0.326 e. The van der Waals surface area contributed by atoms with Crippen LogP contribution in [0.2, 0.25) is 0 Å². The van der Waals surface area contributed by atoms with Crippen molar-refractivity contribution >= 4 is 41.0 Å². The van der Waals surface area contributed by atoms with Crippen molar-refractivity contribution in [3.05, 3.63) is 34.1 Å². The zero-order chi connectivity index (χ0) is 22.6. The number of carboxylic acids is 1. The number of nitrogens with one attached hydrogen (secondary N) is 4. The second kappa shape index (κ2) is 8.85. The van der Waals surface area contributed by atoms with Gasteiger partial charge in [-0.25, -0.2) is 19.0 Å². The second-order valence-corrected chi connectivity index (χ2v) is 6.38. The number of hydrogen-bond acceptors (Lipinski definition) is 8. The average molecular weight is 422 g/mol. The number of aromatic nitrogens is 3. The predicted molar refractivity (Wildman–Crippen MR) is 104 cm³/mol. The van der Waals surface area contributed by atoms with Gasteiger partial charge in [0.25, 0.3) is 11.5 Å². The number of nitrogen functional groups attached to an aromatic ring is 2. The Hall–Kier alpha value is -4.23. The highest BCUT2D eigenvalue weighted by molar-refractivity contribution is 6.01. The number of nitrogens with two attached hydrogens (primary N) is 2. The summed E-state index contributed by atoms with van der Waals surface area (Å²) in [6.07, 6.45) is 0.970. The Labute approximate surface area is 168 Å². The normalized spacial score (nSPS) is 11.6. The number of anilines is 4. The Balaban J connectivity index is 2.12. The first-order valence-electron chi connectivity index (χ1n) is 8.42. The van der Waals surface area contributed by atoms with Gasteiger partial charge in [0.15, 0.2) is 23.0 Å². The lowest BCUT2D eigenvalue weighted by Gasteiger charge is -2.17. The fourth-order valence-electron chi connectivity index (χ4n) is 2.30. The Bertz CT molecular complexity index is 1050. The van der Waals surface area contributed by atoms with Crippen molar-refractivity contribution in [1.29, 1.82) is 0 Å². The topological polar surface area (TPSA) is 218 Å². The molecule has 13 nitrogen and oxygen atoms in total. The number of carbonyl (C=O) groups excluding carboxylic acids is 2. The van der Waals surface area contributed by atoms with Crippen LogP contribution in [0.4, 0.5) is 32.3 Å². The number of hydrogen-bond donors (Lipinski definition) is 7. The molecule has 0 radical (unpaired) electrons. The first kappa shape index (κ1) is 22.1. The monoisotopic (exact) mass is 422 g/mol. The van der Waals surface area contributed by atoms with Crippen LogP contribution in [0.5, 0.6) is 0 Å². The van der Waals surface area contributed by atoms with Crippen molar-refractivity contribution in [3.8, 4) is 0 Å². The largest absolute Gasteiger partial charge is 0.480 e. The van der Waals surface area contributed by atoms with Gasteiger partial charge in [-0.15, -0.1) is 0 Å². The Morgan fingerprint density at radius 2 is 1.90 bits per heavy atom. The number of rotatable bonds is 6. The lowest BCUT2D eigenvalue weighted by molar-refractivity contribution is -0.140. The lowest BCUT2D eigenvalue weighted by atomic mass is 10.0. The molecular weight excluding hydrogens is 403 g/mol. The van der Waals surface area contributed by atoms with E-state index < -0.39 is 46.9 Å². The number of urea groups is 1. The zero-order valence-electron chi connectivity index (χ0n) is 15.8. The molecule has 0 saturated heterocycles. The minimum absolute atomic E-state index is 0.154. The molecule has 0 aromatic carbocycles. The molecule has 1 unspecified atom stereocenters. The minimum Gasteiger partial charge on any atom is -0.480 e. The summed E-state index contributed by atoms with van der Waals surface area (Å²) in [4.78, 5) is 56.4. The SMILES string of the molecule is CC(C)C(NC(=O)c1ncc(NC(=O)Nc2c(N)nc(N)[nH]c2=O)cc1F)C(=O)O. The van der Waals surface area contributed by atoms with E-state index in [0.29, 0.717) is 0 Å². The van der Waals surface area contributed by atoms with Crippen molar-refractivity contribution in [3.63, 3.8) is 0 Å². The Morgan fingerprint density at radius 3 is 2.43 bits per heavy atom. The van der Waals surface area contributed by atoms with Crippen LogP contribution >= 0.6 is 0 Å². The molecule has 0 aliphatic rings. The molecule has 2 aromatic heterocycles. The summed E-state index contributed by atoms with van der Waals surface area (Å²) >= 11 is 0. The van der Waals surface area contributed by atoms with Crippen LogP contribution in [0, 0.1) is 11.7 Å². The molecule has 0 fully saturated rings. The summed E-state index contributed by atoms with van der Waals surface area (Å²) in [5.41, 5.74) is 8.83. The second-order valence-electron chi connectivity index (χ2n) is 6.38. The first-order chi connectivity index (χ1) is 14.0. The van der Waals surface area contributed by atoms with Gasteiger partial charge in [-0.05, 0) is 5.92 Å². The Kier molecular flexibility index (Phi) is 6.51. The number of H-pyrrole nitrogens is 1. The molecule has 14 heteroatoms. The van der Waals surface area contributed by atoms with E-state index in [-0.39, 0.29) is 23.1 Å². The van der Waals surface area contributed by atoms with Gasteiger partial charge in [0.2, 0.25) is 5.95 Å². The fourth-order valence-corrected chi connectivity index (χ4v) is 2.30. The molecule has 2 heterocycles. The van der Waals surface area contributed by atoms with Gasteiger partial charge < -0.3 is 27.2 Å². The number of halogens is 1. The molecule has 9 N–H and O–H groups in total. The van der Waals surface area contributed by atoms with Gasteiger partial charge in [-0.2, -0.15) is 4.98 Å². The van der Waals surface area contributed by atoms with Crippen LogP contribution in [0.1, 0.15) is 24.3 Å². The number of amides is 3. The lowest BCUT2D eigenvalue weighted by Crippen LogP contribution is -2.44. The van der Waals surface area contributed by atoms with Crippen molar-refractivity contribution in [2.24, 2.45) is 5.92 Å². The van der Waals surface area contributed by atoms with E-state index in [2.05, 4.69) is 30.9 Å². The summed E-state index contributed by atoms with van der Waals surface area (Å²) in [6.45, 7) is 3.14. The molecule has 0 bridgehead atoms. The Morgan fingerprint density at radius 1 is 1.23 bits per heavy atom. The van der Waals surface area contributed by atoms with Crippen LogP contribution in [0.25, 0.3) is 0 Å². The third kappa shape index (κ3) is 5.18. The molecule has 0 aliphatic carbocycles. The van der Waals surface area contributed by atoms with E-state index in [1.54, 1.807) is 13.8 Å². The van der Waals surface area contributed by atoms with Gasteiger partial charge >= 0.3 is 12.0 Å². The van der Waals surface area contributed by atoms with Crippen molar-refractivity contribution in [2.75, 3.05) is 22.1 Å². The zero-order valence-corrected chi connectivity index (χ0v) is 15.8. The van der Waals surface area contributed by atoms with E-state index in [0.717, 1.165) is 12.3 Å². The average Bonchev–Trinajstić information content (AvgIpc) is 2.62. The maximum atomic E-state index is 14.3. The molecule has 2 aromatic rings. The molecular formula is C16H19FN8O5. The fraction of sp³-hybridized carbons (Fsp3) is 0.250. The third-order valence-corrected chi connectivity index (χ3v) is 3.74. The van der Waals surface area contributed by atoms with Crippen LogP contribution < -0.4 is 33.0 Å². The number of aliphatic carboxylic acids is 1. The van der Waals surface area contributed by atoms with Crippen LogP contribution in [-0.4, -0.2) is 44.0 Å². The number of nitrogens with zero attached hydrogens (tertiary/aromatic N) is 2. The maximum absolute atomic E-state index is 14.3. The summed E-state index contributed by atoms with van der Waals surface area (Å²) < 4.78 is 14.3. The van der Waals surface area contributed by atoms with E-state index >= 15 is 0 Å². The molecule has 30 heavy (non-hydrogen) atoms. The third-order valence-electron chi connectivity index (χ3n) is 3.74. The van der Waals surface area contributed by atoms with Gasteiger partial charge in [-0.3, -0.25) is 19.9 Å². The quantitative estimate of drug-likeness (QED) is 0.331. The highest BCUT2D eigenvalue weighted by Gasteiger charge is 2.26. The summed E-state index contributed by atoms with van der Waals surface area (Å²) in [5, 5.41) is 15.6. The standard InChI is InChI=1S/C16H19FN8O5/c1-5(2)8(14(28)29)22-12(26)9-7(17)3-6(4-20-9)21-16(30)23-10-11(18)24-15(19)25-13(10)27/h3-5,8H,1-2H3,(H,22,26)(H,28,29)(H2,21,23,30)(H5,18,19,24,25,27). The van der Waals surface area contributed by atoms with Crippen molar-refractivity contribution in [2.45, 2.75) is 19.9 Å². The van der Waals surface area contributed by atoms with E-state index in [1.165, 1.54) is 0 Å². The van der Waals surface area contributed by atoms with E-state index in [1.807, 2.05) is 0 Å². The minimum atomic E-state index is -1.28. The molecule has 0 spiro atoms. The van der Waals surface area contributed by atoms with Crippen LogP contribution in [-0.2, 0) is 4.79 Å². The highest BCUT2D eigenvalue weighted by Crippen LogP contribution is 2.14. The molecule has 2 rings (SSSR count). The van der Waals surface area contributed by atoms with E-state index in [4.69, 9.17) is 16.6 Å². The highest BCUT2D eigenvalue weighted by atomic mass is 19.1. The number of carbonyl (C=O) groups is 3. The molecule has 0 aliphatic heterocycles. The van der Waals surface area contributed by atoms with Gasteiger partial charge in [0.1, 0.15) is 6.04 Å². The predicted octanol–water partition coefficient (Wildman–Crippen LogP) is -0.0486. The first-order valence-corrected chi connectivity index (χ1v) is 8.42. The van der Waals surface area contributed by atoms with Crippen LogP contribution in [0.15, 0.2) is 17.1 Å². The van der Waals surface area contributed by atoms with Crippen LogP contribution in [0.3, 0.4) is 0 Å². The number of carboxylic acid groups (broad SMARTS) is 1. The molecule has 3 amide bonds. The number of aromatic amines is 1. The van der Waals surface area contributed by atoms with Gasteiger partial charge in [0.05, 0.1) is 11.9 Å². The van der Waals surface area contributed by atoms with E-state index in [9.17, 15) is 23.6 Å². The summed E-state index contributed by atoms with van der Waals surface area (Å²) in [5.74, 6) is -4.44.